The van der Waals surface area contributed by atoms with Gasteiger partial charge >= 0.3 is 6.03 Å². The topological polar surface area (TPSA) is 176 Å². The fraction of sp³-hybridized carbons (Fsp3) is 0.514. The van der Waals surface area contributed by atoms with Crippen molar-refractivity contribution < 1.29 is 35.1 Å². The van der Waals surface area contributed by atoms with Gasteiger partial charge in [-0.25, -0.2) is 4.79 Å². The van der Waals surface area contributed by atoms with Crippen molar-refractivity contribution in [2.24, 2.45) is 0 Å². The van der Waals surface area contributed by atoms with Crippen LogP contribution >= 0.6 is 0 Å². The maximum atomic E-state index is 12.2. The molecule has 2 saturated carbocycles. The van der Waals surface area contributed by atoms with Gasteiger partial charge in [-0.2, -0.15) is 0 Å². The van der Waals surface area contributed by atoms with Gasteiger partial charge in [0.05, 0.1) is 18.8 Å². The van der Waals surface area contributed by atoms with Crippen LogP contribution in [0.15, 0.2) is 60.9 Å². The molecule has 2 aromatic carbocycles. The van der Waals surface area contributed by atoms with Gasteiger partial charge in [0.15, 0.2) is 0 Å². The maximum absolute atomic E-state index is 12.2. The molecule has 0 saturated heterocycles. The lowest BCUT2D eigenvalue weighted by molar-refractivity contribution is -0.113. The standard InChI is InChI=1S/C37H50N4O7/c1-23(6-5-16-39-36(47)40-21-31(43)34(45)35(46)32(44)22-42)25-10-9-24(2)26(18-25)19-41-37(14-15-37)30-20-38-17-13-28(30)29-7-3-4-8-33(29)48-27-11-12-27/h3-4,7-10,13,17-18,20,23,27,31-32,34-35,41-46H,5-6,11-12,14-16,19,21-22H2,1-2H3,(H2,39,40,47)/t23?,31-,32+,34+,35+/m0/s1. The Hall–Kier alpha value is -3.58. The first-order chi connectivity index (χ1) is 23.1. The molecule has 0 bridgehead atoms. The van der Waals surface area contributed by atoms with Crippen molar-refractivity contribution in [2.45, 2.75) is 101 Å². The molecule has 260 valence electrons. The van der Waals surface area contributed by atoms with E-state index in [-0.39, 0.29) is 18.0 Å². The average Bonchev–Trinajstić information content (AvgIpc) is 4.05. The summed E-state index contributed by atoms with van der Waals surface area (Å²) < 4.78 is 6.27. The molecule has 5 atom stereocenters. The number of hydrogen-bond acceptors (Lipinski definition) is 9. The van der Waals surface area contributed by atoms with E-state index in [1.54, 1.807) is 0 Å². The number of nitrogens with zero attached hydrogens (tertiary/aromatic N) is 1. The quantitative estimate of drug-likeness (QED) is 0.0952. The summed E-state index contributed by atoms with van der Waals surface area (Å²) >= 11 is 0. The SMILES string of the molecule is Cc1ccc(C(C)CCCNC(=O)NC[C@H](O)[C@@H](O)[C@H](O)[C@H](O)CO)cc1CNC1(c2cnccc2-c2ccccc2OC2CC2)CC1. The number of hydrogen-bond donors (Lipinski definition) is 8. The number of aliphatic hydroxyl groups excluding tert-OH is 5. The van der Waals surface area contributed by atoms with Crippen LogP contribution in [-0.4, -0.2) is 86.8 Å². The highest BCUT2D eigenvalue weighted by atomic mass is 16.5. The Labute approximate surface area is 282 Å². The van der Waals surface area contributed by atoms with E-state index in [1.807, 2.05) is 18.5 Å². The van der Waals surface area contributed by atoms with E-state index < -0.39 is 37.1 Å². The van der Waals surface area contributed by atoms with E-state index in [4.69, 9.17) is 9.84 Å². The van der Waals surface area contributed by atoms with Gasteiger partial charge in [-0.3, -0.25) is 4.98 Å². The summed E-state index contributed by atoms with van der Waals surface area (Å²) in [6, 6.07) is 16.5. The number of aryl methyl sites for hydroxylation is 1. The summed E-state index contributed by atoms with van der Waals surface area (Å²) in [6.07, 6.45) is 3.52. The zero-order valence-corrected chi connectivity index (χ0v) is 27.8. The molecular formula is C37H50N4O7. The fourth-order valence-corrected chi connectivity index (χ4v) is 6.01. The third kappa shape index (κ3) is 9.10. The second-order valence-corrected chi connectivity index (χ2v) is 13.3. The average molecular weight is 663 g/mol. The summed E-state index contributed by atoms with van der Waals surface area (Å²) in [5.41, 5.74) is 7.07. The van der Waals surface area contributed by atoms with Crippen LogP contribution in [0, 0.1) is 6.92 Å². The second kappa shape index (κ2) is 16.2. The number of amides is 2. The first-order valence-corrected chi connectivity index (χ1v) is 17.0. The number of nitrogens with one attached hydrogen (secondary N) is 3. The van der Waals surface area contributed by atoms with Gasteiger partial charge in [0, 0.05) is 43.1 Å². The molecular weight excluding hydrogens is 612 g/mol. The molecule has 0 radical (unpaired) electrons. The Kier molecular flexibility index (Phi) is 12.1. The van der Waals surface area contributed by atoms with Crippen molar-refractivity contribution in [1.82, 2.24) is 20.9 Å². The lowest BCUT2D eigenvalue weighted by atomic mass is 9.92. The van der Waals surface area contributed by atoms with E-state index >= 15 is 0 Å². The van der Waals surface area contributed by atoms with E-state index in [0.717, 1.165) is 61.9 Å². The lowest BCUT2D eigenvalue weighted by Gasteiger charge is -2.25. The largest absolute Gasteiger partial charge is 0.490 e. The first-order valence-electron chi connectivity index (χ1n) is 17.0. The van der Waals surface area contributed by atoms with Crippen LogP contribution in [-0.2, 0) is 12.1 Å². The molecule has 11 heteroatoms. The number of benzene rings is 2. The van der Waals surface area contributed by atoms with Crippen LogP contribution in [0.2, 0.25) is 0 Å². The molecule has 0 aliphatic heterocycles. The van der Waals surface area contributed by atoms with Crippen LogP contribution in [0.3, 0.4) is 0 Å². The van der Waals surface area contributed by atoms with Crippen molar-refractivity contribution in [3.63, 3.8) is 0 Å². The predicted molar refractivity (Wildman–Crippen MR) is 182 cm³/mol. The fourth-order valence-electron chi connectivity index (χ4n) is 6.01. The summed E-state index contributed by atoms with van der Waals surface area (Å²) in [6.45, 7) is 4.38. The third-order valence-electron chi connectivity index (χ3n) is 9.54. The lowest BCUT2D eigenvalue weighted by Crippen LogP contribution is -2.50. The molecule has 0 spiro atoms. The van der Waals surface area contributed by atoms with E-state index in [2.05, 4.69) is 77.2 Å². The van der Waals surface area contributed by atoms with Gasteiger partial charge in [0.1, 0.15) is 24.1 Å². The summed E-state index contributed by atoms with van der Waals surface area (Å²) in [5, 5.41) is 57.0. The zero-order valence-electron chi connectivity index (χ0n) is 27.8. The van der Waals surface area contributed by atoms with Gasteiger partial charge in [0.25, 0.3) is 0 Å². The van der Waals surface area contributed by atoms with Crippen molar-refractivity contribution in [3.05, 3.63) is 83.2 Å². The van der Waals surface area contributed by atoms with E-state index in [1.165, 1.54) is 22.3 Å². The molecule has 3 aromatic rings. The summed E-state index contributed by atoms with van der Waals surface area (Å²) in [5.74, 6) is 1.20. The maximum Gasteiger partial charge on any atom is 0.314 e. The summed E-state index contributed by atoms with van der Waals surface area (Å²) in [4.78, 5) is 16.7. The number of carbonyl (C=O) groups excluding carboxylic acids is 1. The Balaban J connectivity index is 1.12. The number of para-hydroxylation sites is 1. The van der Waals surface area contributed by atoms with Crippen LogP contribution in [0.25, 0.3) is 11.1 Å². The molecule has 2 amide bonds. The molecule has 5 rings (SSSR count). The highest BCUT2D eigenvalue weighted by Gasteiger charge is 2.46. The molecule has 11 nitrogen and oxygen atoms in total. The number of rotatable bonds is 18. The highest BCUT2D eigenvalue weighted by molar-refractivity contribution is 5.75. The van der Waals surface area contributed by atoms with Gasteiger partial charge in [-0.05, 0) is 91.3 Å². The van der Waals surface area contributed by atoms with Gasteiger partial charge in [-0.1, -0.05) is 43.3 Å². The molecule has 8 N–H and O–H groups in total. The van der Waals surface area contributed by atoms with Crippen LogP contribution in [0.5, 0.6) is 5.75 Å². The molecule has 48 heavy (non-hydrogen) atoms. The third-order valence-corrected chi connectivity index (χ3v) is 9.54. The van der Waals surface area contributed by atoms with Crippen molar-refractivity contribution in [3.8, 4) is 16.9 Å². The number of aromatic nitrogens is 1. The van der Waals surface area contributed by atoms with Crippen LogP contribution in [0.4, 0.5) is 4.79 Å². The molecule has 1 heterocycles. The normalized spacial score (nSPS) is 18.3. The van der Waals surface area contributed by atoms with Crippen LogP contribution < -0.4 is 20.7 Å². The van der Waals surface area contributed by atoms with Crippen molar-refractivity contribution in [1.29, 1.82) is 0 Å². The molecule has 1 unspecified atom stereocenters. The van der Waals surface area contributed by atoms with Gasteiger partial charge in [-0.15, -0.1) is 0 Å². The smallest absolute Gasteiger partial charge is 0.314 e. The number of ether oxygens (including phenoxy) is 1. The Bertz CT molecular complexity index is 1510. The number of aliphatic hydroxyl groups is 5. The second-order valence-electron chi connectivity index (χ2n) is 13.3. The predicted octanol–water partition coefficient (Wildman–Crippen LogP) is 3.00. The molecule has 2 aliphatic rings. The van der Waals surface area contributed by atoms with Gasteiger partial charge < -0.3 is 46.2 Å². The number of carbonyl (C=O) groups is 1. The highest BCUT2D eigenvalue weighted by Crippen LogP contribution is 2.50. The van der Waals surface area contributed by atoms with E-state index in [9.17, 15) is 25.2 Å². The first kappa shape index (κ1) is 35.7. The minimum absolute atomic E-state index is 0.134. The zero-order chi connectivity index (χ0) is 34.3. The van der Waals surface area contributed by atoms with Gasteiger partial charge in [0.2, 0.25) is 0 Å². The number of pyridine rings is 1. The minimum atomic E-state index is -1.74. The molecule has 2 aliphatic carbocycles. The Morgan fingerprint density at radius 1 is 1.00 bits per heavy atom. The van der Waals surface area contributed by atoms with Crippen molar-refractivity contribution >= 4 is 6.03 Å². The Morgan fingerprint density at radius 3 is 2.48 bits per heavy atom. The monoisotopic (exact) mass is 662 g/mol. The van der Waals surface area contributed by atoms with E-state index in [0.29, 0.717) is 12.6 Å². The molecule has 1 aromatic heterocycles. The van der Waals surface area contributed by atoms with Crippen LogP contribution in [0.1, 0.15) is 73.6 Å². The van der Waals surface area contributed by atoms with Crippen molar-refractivity contribution in [2.75, 3.05) is 19.7 Å². The molecule has 2 fully saturated rings. The summed E-state index contributed by atoms with van der Waals surface area (Å²) in [7, 11) is 0. The minimum Gasteiger partial charge on any atom is -0.490 e. The Morgan fingerprint density at radius 2 is 1.75 bits per heavy atom. The number of urea groups is 1.